The van der Waals surface area contributed by atoms with Gasteiger partial charge in [0.1, 0.15) is 17.1 Å². The molecule has 0 aromatic heterocycles. The summed E-state index contributed by atoms with van der Waals surface area (Å²) in [7, 11) is 0. The molecule has 0 fully saturated rings. The maximum Gasteiger partial charge on any atom is 0.197 e. The van der Waals surface area contributed by atoms with Crippen LogP contribution in [0.4, 0.5) is 5.69 Å². The Hall–Kier alpha value is -2.60. The minimum atomic E-state index is -0.979. The lowest BCUT2D eigenvalue weighted by Gasteiger charge is -2.33. The van der Waals surface area contributed by atoms with Gasteiger partial charge in [0.25, 0.3) is 0 Å². The number of carbonyl (C=O) groups is 2. The number of nitrogen functional groups attached to an aromatic ring is 1. The van der Waals surface area contributed by atoms with Crippen LogP contribution in [-0.4, -0.2) is 33.0 Å². The summed E-state index contributed by atoms with van der Waals surface area (Å²) in [5, 5.41) is 20.5. The molecule has 0 saturated carbocycles. The molecule has 27 heavy (non-hydrogen) atoms. The number of aromatic hydroxyl groups is 1. The number of benzene rings is 1. The first-order chi connectivity index (χ1) is 12.4. The number of ketones is 2. The highest BCUT2D eigenvalue weighted by molar-refractivity contribution is 6.33. The summed E-state index contributed by atoms with van der Waals surface area (Å²) >= 11 is 0. The van der Waals surface area contributed by atoms with E-state index in [0.717, 1.165) is 0 Å². The second-order valence-corrected chi connectivity index (χ2v) is 8.38. The number of anilines is 1. The number of ether oxygens (including phenoxy) is 1. The van der Waals surface area contributed by atoms with E-state index in [0.29, 0.717) is 30.4 Å². The topological polar surface area (TPSA) is 110 Å². The third kappa shape index (κ3) is 3.49. The summed E-state index contributed by atoms with van der Waals surface area (Å²) in [6.45, 7) is 6.88. The van der Waals surface area contributed by atoms with Crippen LogP contribution in [0.5, 0.6) is 11.5 Å². The zero-order chi connectivity index (χ0) is 20.1. The number of aliphatic hydroxyl groups is 1. The van der Waals surface area contributed by atoms with Crippen LogP contribution in [0.25, 0.3) is 0 Å². The van der Waals surface area contributed by atoms with Crippen molar-refractivity contribution in [2.45, 2.75) is 58.2 Å². The van der Waals surface area contributed by atoms with Crippen molar-refractivity contribution in [2.75, 3.05) is 5.73 Å². The maximum absolute atomic E-state index is 13.0. The Labute approximate surface area is 158 Å². The number of nitrogens with two attached hydrogens (primary N) is 1. The van der Waals surface area contributed by atoms with Crippen LogP contribution in [0.15, 0.2) is 29.4 Å². The largest absolute Gasteiger partial charge is 0.507 e. The molecule has 0 amide bonds. The van der Waals surface area contributed by atoms with Crippen molar-refractivity contribution in [3.8, 4) is 11.5 Å². The van der Waals surface area contributed by atoms with E-state index in [2.05, 4.69) is 0 Å². The minimum absolute atomic E-state index is 0.0145. The Bertz CT molecular complexity index is 900. The Morgan fingerprint density at radius 1 is 1.04 bits per heavy atom. The Morgan fingerprint density at radius 2 is 1.56 bits per heavy atom. The molecule has 0 saturated heterocycles. The Kier molecular flexibility index (Phi) is 4.43. The van der Waals surface area contributed by atoms with Crippen LogP contribution >= 0.6 is 0 Å². The lowest BCUT2D eigenvalue weighted by atomic mass is 9.78. The summed E-state index contributed by atoms with van der Waals surface area (Å²) in [6, 6.07) is 1.27. The van der Waals surface area contributed by atoms with Crippen LogP contribution in [0.3, 0.4) is 0 Å². The molecular weight excluding hydrogens is 346 g/mol. The van der Waals surface area contributed by atoms with Gasteiger partial charge in [-0.1, -0.05) is 12.2 Å². The van der Waals surface area contributed by atoms with E-state index >= 15 is 0 Å². The van der Waals surface area contributed by atoms with Gasteiger partial charge in [0.2, 0.25) is 0 Å². The first-order valence-electron chi connectivity index (χ1n) is 8.98. The number of fused-ring (bicyclic) bond motifs is 2. The minimum Gasteiger partial charge on any atom is -0.507 e. The van der Waals surface area contributed by atoms with E-state index in [1.807, 2.05) is 0 Å². The molecule has 0 atom stereocenters. The van der Waals surface area contributed by atoms with Crippen LogP contribution < -0.4 is 10.5 Å². The first kappa shape index (κ1) is 19.2. The SMILES string of the molecule is CC(C)(O)CC(C)(C)Oc1cc(O)c2c(c1N)C(=O)C1=CCCC=C1C2=O. The smallest absolute Gasteiger partial charge is 0.197 e. The second-order valence-electron chi connectivity index (χ2n) is 8.38. The predicted octanol–water partition coefficient (Wildman–Crippen LogP) is 3.32. The van der Waals surface area contributed by atoms with Gasteiger partial charge in [-0.15, -0.1) is 0 Å². The molecule has 6 heteroatoms. The van der Waals surface area contributed by atoms with E-state index in [1.54, 1.807) is 39.8 Å². The van der Waals surface area contributed by atoms with Gasteiger partial charge in [-0.25, -0.2) is 0 Å². The van der Waals surface area contributed by atoms with Crippen LogP contribution in [0.2, 0.25) is 0 Å². The molecule has 0 radical (unpaired) electrons. The molecule has 0 spiro atoms. The van der Waals surface area contributed by atoms with Crippen molar-refractivity contribution in [1.29, 1.82) is 0 Å². The molecule has 4 N–H and O–H groups in total. The molecule has 0 unspecified atom stereocenters. The number of phenolic OH excluding ortho intramolecular Hbond substituents is 1. The number of phenols is 1. The van der Waals surface area contributed by atoms with E-state index in [-0.39, 0.29) is 34.1 Å². The van der Waals surface area contributed by atoms with Gasteiger partial charge < -0.3 is 20.7 Å². The van der Waals surface area contributed by atoms with Crippen molar-refractivity contribution in [3.05, 3.63) is 40.5 Å². The van der Waals surface area contributed by atoms with Crippen molar-refractivity contribution in [3.63, 3.8) is 0 Å². The van der Waals surface area contributed by atoms with E-state index in [1.165, 1.54) is 6.07 Å². The van der Waals surface area contributed by atoms with Crippen LogP contribution in [0, 0.1) is 0 Å². The quantitative estimate of drug-likeness (QED) is 0.553. The van der Waals surface area contributed by atoms with Crippen molar-refractivity contribution < 1.29 is 24.5 Å². The summed E-state index contributed by atoms with van der Waals surface area (Å²) in [4.78, 5) is 25.8. The maximum atomic E-state index is 13.0. The molecule has 144 valence electrons. The molecule has 2 aliphatic carbocycles. The normalized spacial score (nSPS) is 17.1. The molecule has 1 aromatic rings. The van der Waals surface area contributed by atoms with Gasteiger partial charge in [0, 0.05) is 23.6 Å². The molecule has 6 nitrogen and oxygen atoms in total. The standard InChI is InChI=1S/C21H25NO5/c1-20(2,26)10-21(3,4)27-14-9-13(23)15-16(17(14)22)19(25)12-8-6-5-7-11(12)18(15)24/h7-9,23,26H,5-6,10,22H2,1-4H3. The number of hydrogen-bond acceptors (Lipinski definition) is 6. The molecule has 0 heterocycles. The number of carbonyl (C=O) groups excluding carboxylic acids is 2. The predicted molar refractivity (Wildman–Crippen MR) is 102 cm³/mol. The highest BCUT2D eigenvalue weighted by Gasteiger charge is 2.39. The fourth-order valence-corrected chi connectivity index (χ4v) is 3.96. The highest BCUT2D eigenvalue weighted by Crippen LogP contribution is 2.44. The van der Waals surface area contributed by atoms with Crippen molar-refractivity contribution >= 4 is 17.3 Å². The number of Topliss-reactive ketones (excluding diaryl/α,β-unsaturated/α-hetero) is 2. The molecule has 1 aromatic carbocycles. The summed E-state index contributed by atoms with van der Waals surface area (Å²) < 4.78 is 5.93. The van der Waals surface area contributed by atoms with Crippen LogP contribution in [-0.2, 0) is 0 Å². The van der Waals surface area contributed by atoms with Crippen LogP contribution in [0.1, 0.15) is 67.7 Å². The fraction of sp³-hybridized carbons (Fsp3) is 0.429. The van der Waals surface area contributed by atoms with E-state index < -0.39 is 17.0 Å². The highest BCUT2D eigenvalue weighted by atomic mass is 16.5. The summed E-state index contributed by atoms with van der Waals surface area (Å²) in [5.74, 6) is -1.00. The van der Waals surface area contributed by atoms with Gasteiger partial charge >= 0.3 is 0 Å². The summed E-state index contributed by atoms with van der Waals surface area (Å²) in [6.07, 6.45) is 5.11. The van der Waals surface area contributed by atoms with Gasteiger partial charge in [-0.2, -0.15) is 0 Å². The number of allylic oxidation sites excluding steroid dienone is 4. The van der Waals surface area contributed by atoms with E-state index in [9.17, 15) is 19.8 Å². The Balaban J connectivity index is 2.10. The molecule has 0 aliphatic heterocycles. The monoisotopic (exact) mass is 371 g/mol. The Morgan fingerprint density at radius 3 is 2.07 bits per heavy atom. The fourth-order valence-electron chi connectivity index (χ4n) is 3.96. The molecular formula is C21H25NO5. The zero-order valence-electron chi connectivity index (χ0n) is 16.0. The lowest BCUT2D eigenvalue weighted by Crippen LogP contribution is -2.38. The van der Waals surface area contributed by atoms with Crippen molar-refractivity contribution in [1.82, 2.24) is 0 Å². The lowest BCUT2D eigenvalue weighted by molar-refractivity contribution is -0.0104. The molecule has 3 rings (SSSR count). The van der Waals surface area contributed by atoms with Gasteiger partial charge in [0.15, 0.2) is 11.6 Å². The van der Waals surface area contributed by atoms with Crippen molar-refractivity contribution in [2.24, 2.45) is 0 Å². The van der Waals surface area contributed by atoms with Gasteiger partial charge in [-0.3, -0.25) is 9.59 Å². The number of hydrogen-bond donors (Lipinski definition) is 3. The number of rotatable bonds is 4. The second kappa shape index (κ2) is 6.23. The third-order valence-corrected chi connectivity index (χ3v) is 4.65. The van der Waals surface area contributed by atoms with E-state index in [4.69, 9.17) is 10.5 Å². The average Bonchev–Trinajstić information content (AvgIpc) is 2.53. The summed E-state index contributed by atoms with van der Waals surface area (Å²) in [5.41, 5.74) is 5.00. The van der Waals surface area contributed by atoms with Gasteiger partial charge in [-0.05, 0) is 40.5 Å². The average molecular weight is 371 g/mol. The van der Waals surface area contributed by atoms with Gasteiger partial charge in [0.05, 0.1) is 22.4 Å². The first-order valence-corrected chi connectivity index (χ1v) is 8.98. The molecule has 2 aliphatic rings. The zero-order valence-corrected chi connectivity index (χ0v) is 16.0. The molecule has 0 bridgehead atoms. The third-order valence-electron chi connectivity index (χ3n) is 4.65.